The number of nitrogens with two attached hydrogens (primary N) is 1. The van der Waals surface area contributed by atoms with Crippen molar-refractivity contribution >= 4 is 11.7 Å². The third kappa shape index (κ3) is 3.71. The maximum atomic E-state index is 12.4. The Bertz CT molecular complexity index is 639. The maximum Gasteiger partial charge on any atom is 0.416 e. The first kappa shape index (κ1) is 14.8. The van der Waals surface area contributed by atoms with E-state index in [9.17, 15) is 18.0 Å². The molecule has 0 bridgehead atoms. The van der Waals surface area contributed by atoms with Crippen LogP contribution in [0, 0.1) is 0 Å². The minimum Gasteiger partial charge on any atom is -0.383 e. The lowest BCUT2D eigenvalue weighted by Crippen LogP contribution is -2.24. The Morgan fingerprint density at radius 3 is 2.43 bits per heavy atom. The summed E-state index contributed by atoms with van der Waals surface area (Å²) in [7, 11) is 0. The van der Waals surface area contributed by atoms with Crippen molar-refractivity contribution in [2.45, 2.75) is 12.7 Å². The van der Waals surface area contributed by atoms with Crippen LogP contribution in [0.25, 0.3) is 0 Å². The van der Waals surface area contributed by atoms with E-state index in [2.05, 4.69) is 10.3 Å². The van der Waals surface area contributed by atoms with Crippen LogP contribution in [0.5, 0.6) is 0 Å². The summed E-state index contributed by atoms with van der Waals surface area (Å²) >= 11 is 0. The van der Waals surface area contributed by atoms with Gasteiger partial charge in [0.05, 0.1) is 11.1 Å². The maximum absolute atomic E-state index is 12.4. The van der Waals surface area contributed by atoms with E-state index >= 15 is 0 Å². The Morgan fingerprint density at radius 2 is 1.86 bits per heavy atom. The van der Waals surface area contributed by atoms with Crippen molar-refractivity contribution < 1.29 is 18.0 Å². The molecule has 2 aromatic rings. The molecule has 0 fully saturated rings. The molecule has 0 aliphatic heterocycles. The molecular weight excluding hydrogens is 283 g/mol. The van der Waals surface area contributed by atoms with Crippen LogP contribution in [-0.2, 0) is 12.7 Å². The zero-order chi connectivity index (χ0) is 15.5. The van der Waals surface area contributed by atoms with E-state index in [1.165, 1.54) is 24.4 Å². The van der Waals surface area contributed by atoms with Crippen LogP contribution in [0.2, 0.25) is 0 Å². The fourth-order valence-corrected chi connectivity index (χ4v) is 1.70. The average Bonchev–Trinajstić information content (AvgIpc) is 2.45. The van der Waals surface area contributed by atoms with Crippen LogP contribution in [-0.4, -0.2) is 10.9 Å². The summed E-state index contributed by atoms with van der Waals surface area (Å²) in [4.78, 5) is 15.6. The molecule has 1 aromatic heterocycles. The van der Waals surface area contributed by atoms with Gasteiger partial charge >= 0.3 is 6.18 Å². The lowest BCUT2D eigenvalue weighted by Gasteiger charge is -2.09. The zero-order valence-electron chi connectivity index (χ0n) is 10.8. The number of anilines is 1. The van der Waals surface area contributed by atoms with Crippen molar-refractivity contribution in [1.29, 1.82) is 0 Å². The van der Waals surface area contributed by atoms with E-state index in [-0.39, 0.29) is 17.9 Å². The van der Waals surface area contributed by atoms with Gasteiger partial charge in [-0.2, -0.15) is 13.2 Å². The second-order valence-electron chi connectivity index (χ2n) is 4.31. The number of nitrogens with one attached hydrogen (secondary N) is 1. The van der Waals surface area contributed by atoms with Gasteiger partial charge in [-0.25, -0.2) is 4.98 Å². The highest BCUT2D eigenvalue weighted by molar-refractivity contribution is 5.98. The molecule has 0 aliphatic carbocycles. The lowest BCUT2D eigenvalue weighted by atomic mass is 10.1. The van der Waals surface area contributed by atoms with Gasteiger partial charge in [-0.15, -0.1) is 0 Å². The molecule has 3 N–H and O–H groups in total. The Labute approximate surface area is 118 Å². The van der Waals surface area contributed by atoms with E-state index in [1.807, 2.05) is 0 Å². The number of nitrogen functional groups attached to an aromatic ring is 1. The standard InChI is InChI=1S/C14H12F3N3O/c15-14(16,17)10-5-3-9(4-6-10)8-20-13(21)11-2-1-7-19-12(11)18/h1-7H,8H2,(H2,18,19)(H,20,21). The molecule has 1 amide bonds. The van der Waals surface area contributed by atoms with Crippen LogP contribution >= 0.6 is 0 Å². The molecule has 0 aliphatic rings. The molecule has 4 nitrogen and oxygen atoms in total. The highest BCUT2D eigenvalue weighted by Crippen LogP contribution is 2.29. The van der Waals surface area contributed by atoms with E-state index in [1.54, 1.807) is 6.07 Å². The van der Waals surface area contributed by atoms with Crippen molar-refractivity contribution in [2.24, 2.45) is 0 Å². The van der Waals surface area contributed by atoms with Crippen molar-refractivity contribution in [2.75, 3.05) is 5.73 Å². The fraction of sp³-hybridized carbons (Fsp3) is 0.143. The average molecular weight is 295 g/mol. The summed E-state index contributed by atoms with van der Waals surface area (Å²) in [5.74, 6) is -0.331. The highest BCUT2D eigenvalue weighted by Gasteiger charge is 2.29. The third-order valence-corrected chi connectivity index (χ3v) is 2.82. The topological polar surface area (TPSA) is 68.0 Å². The van der Waals surface area contributed by atoms with Crippen LogP contribution in [0.15, 0.2) is 42.6 Å². The second kappa shape index (κ2) is 5.82. The van der Waals surface area contributed by atoms with Crippen molar-refractivity contribution in [3.63, 3.8) is 0 Å². The van der Waals surface area contributed by atoms with E-state index < -0.39 is 17.6 Å². The largest absolute Gasteiger partial charge is 0.416 e. The molecule has 21 heavy (non-hydrogen) atoms. The quantitative estimate of drug-likeness (QED) is 0.914. The Balaban J connectivity index is 2.00. The van der Waals surface area contributed by atoms with Crippen molar-refractivity contribution in [3.8, 4) is 0 Å². The molecule has 0 spiro atoms. The van der Waals surface area contributed by atoms with Gasteiger partial charge in [0.2, 0.25) is 0 Å². The number of pyridine rings is 1. The van der Waals surface area contributed by atoms with Gasteiger partial charge in [-0.3, -0.25) is 4.79 Å². The smallest absolute Gasteiger partial charge is 0.383 e. The molecule has 0 saturated carbocycles. The first-order valence-electron chi connectivity index (χ1n) is 6.03. The minimum absolute atomic E-state index is 0.0995. The highest BCUT2D eigenvalue weighted by atomic mass is 19.4. The summed E-state index contributed by atoms with van der Waals surface area (Å²) < 4.78 is 37.2. The number of halogens is 3. The molecule has 0 unspecified atom stereocenters. The van der Waals surface area contributed by atoms with Crippen LogP contribution in [0.1, 0.15) is 21.5 Å². The van der Waals surface area contributed by atoms with Crippen molar-refractivity contribution in [1.82, 2.24) is 10.3 Å². The predicted molar refractivity (Wildman–Crippen MR) is 71.3 cm³/mol. The number of nitrogens with zero attached hydrogens (tertiary/aromatic N) is 1. The van der Waals surface area contributed by atoms with Gasteiger partial charge in [0.15, 0.2) is 0 Å². The summed E-state index contributed by atoms with van der Waals surface area (Å²) in [6, 6.07) is 7.67. The predicted octanol–water partition coefficient (Wildman–Crippen LogP) is 2.61. The van der Waals surface area contributed by atoms with Gasteiger partial charge in [-0.1, -0.05) is 12.1 Å². The van der Waals surface area contributed by atoms with Gasteiger partial charge in [-0.05, 0) is 29.8 Å². The Kier molecular flexibility index (Phi) is 4.11. The molecule has 7 heteroatoms. The number of alkyl halides is 3. The number of carbonyl (C=O) groups is 1. The van der Waals surface area contributed by atoms with Crippen LogP contribution in [0.3, 0.4) is 0 Å². The van der Waals surface area contributed by atoms with Crippen LogP contribution in [0.4, 0.5) is 19.0 Å². The minimum atomic E-state index is -4.37. The number of hydrogen-bond donors (Lipinski definition) is 2. The Morgan fingerprint density at radius 1 is 1.19 bits per heavy atom. The number of rotatable bonds is 3. The van der Waals surface area contributed by atoms with Gasteiger partial charge in [0, 0.05) is 12.7 Å². The molecule has 110 valence electrons. The summed E-state index contributed by atoms with van der Waals surface area (Å²) in [6.45, 7) is 0.102. The molecule has 0 radical (unpaired) electrons. The summed E-state index contributed by atoms with van der Waals surface area (Å²) in [6.07, 6.45) is -2.91. The lowest BCUT2D eigenvalue weighted by molar-refractivity contribution is -0.137. The van der Waals surface area contributed by atoms with Crippen molar-refractivity contribution in [3.05, 3.63) is 59.3 Å². The fourth-order valence-electron chi connectivity index (χ4n) is 1.70. The molecule has 0 saturated heterocycles. The molecule has 1 aromatic carbocycles. The van der Waals surface area contributed by atoms with Gasteiger partial charge in [0.1, 0.15) is 5.82 Å². The zero-order valence-corrected chi connectivity index (χ0v) is 10.8. The third-order valence-electron chi connectivity index (χ3n) is 2.82. The van der Waals surface area contributed by atoms with E-state index in [0.717, 1.165) is 12.1 Å². The first-order chi connectivity index (χ1) is 9.88. The van der Waals surface area contributed by atoms with Gasteiger partial charge in [0.25, 0.3) is 5.91 Å². The second-order valence-corrected chi connectivity index (χ2v) is 4.31. The van der Waals surface area contributed by atoms with E-state index in [4.69, 9.17) is 5.73 Å². The van der Waals surface area contributed by atoms with E-state index in [0.29, 0.717) is 5.56 Å². The summed E-state index contributed by atoms with van der Waals surface area (Å²) in [5, 5.41) is 2.57. The van der Waals surface area contributed by atoms with Gasteiger partial charge < -0.3 is 11.1 Å². The monoisotopic (exact) mass is 295 g/mol. The number of carbonyl (C=O) groups excluding carboxylic acids is 1. The normalized spacial score (nSPS) is 11.2. The number of aromatic nitrogens is 1. The number of benzene rings is 1. The SMILES string of the molecule is Nc1ncccc1C(=O)NCc1ccc(C(F)(F)F)cc1. The number of hydrogen-bond acceptors (Lipinski definition) is 3. The Hall–Kier alpha value is -2.57. The first-order valence-corrected chi connectivity index (χ1v) is 6.03. The molecule has 2 rings (SSSR count). The van der Waals surface area contributed by atoms with Crippen LogP contribution < -0.4 is 11.1 Å². The molecule has 0 atom stereocenters. The number of amides is 1. The molecular formula is C14H12F3N3O. The summed E-state index contributed by atoms with van der Waals surface area (Å²) in [5.41, 5.74) is 5.61. The molecule has 1 heterocycles.